The number of anilines is 2. The molecule has 4 aromatic carbocycles. The maximum atomic E-state index is 2.33. The lowest BCUT2D eigenvalue weighted by Gasteiger charge is -2.26. The maximum Gasteiger partial charge on any atom is 0.0458 e. The number of allylic oxidation sites excluding steroid dienone is 8. The molecule has 0 heterocycles. The first-order chi connectivity index (χ1) is 18.1. The molecule has 0 aromatic heterocycles. The Kier molecular flexibility index (Phi) is 7.33. The van der Waals surface area contributed by atoms with Crippen molar-refractivity contribution in [1.29, 1.82) is 0 Å². The van der Waals surface area contributed by atoms with Gasteiger partial charge < -0.3 is 4.90 Å². The highest BCUT2D eigenvalue weighted by Gasteiger charge is 2.15. The molecule has 4 aromatic rings. The lowest BCUT2D eigenvalue weighted by molar-refractivity contribution is 1.16. The number of nitrogens with zero attached hydrogens (tertiary/aromatic N) is 1. The van der Waals surface area contributed by atoms with E-state index in [1.807, 2.05) is 0 Å². The number of benzene rings is 4. The molecular formula is C36H33N. The van der Waals surface area contributed by atoms with Crippen molar-refractivity contribution < 1.29 is 0 Å². The van der Waals surface area contributed by atoms with Gasteiger partial charge in [0.05, 0.1) is 0 Å². The fourth-order valence-corrected chi connectivity index (χ4v) is 4.90. The lowest BCUT2D eigenvalue weighted by atomic mass is 9.98. The van der Waals surface area contributed by atoms with Gasteiger partial charge in [0.25, 0.3) is 0 Å². The molecule has 0 unspecified atom stereocenters. The first-order valence-corrected chi connectivity index (χ1v) is 12.9. The van der Waals surface area contributed by atoms with E-state index in [4.69, 9.17) is 0 Å². The highest BCUT2D eigenvalue weighted by atomic mass is 15.1. The van der Waals surface area contributed by atoms with Crippen molar-refractivity contribution in [2.24, 2.45) is 0 Å². The molecule has 0 N–H and O–H groups in total. The van der Waals surface area contributed by atoms with Gasteiger partial charge in [-0.05, 0) is 90.9 Å². The minimum absolute atomic E-state index is 0.964. The molecular weight excluding hydrogens is 446 g/mol. The average molecular weight is 480 g/mol. The zero-order chi connectivity index (χ0) is 25.6. The van der Waals surface area contributed by atoms with Crippen LogP contribution in [0.4, 0.5) is 11.4 Å². The Bertz CT molecular complexity index is 1470. The summed E-state index contributed by atoms with van der Waals surface area (Å²) in [5.41, 5.74) is 12.5. The van der Waals surface area contributed by atoms with Crippen molar-refractivity contribution in [2.45, 2.75) is 27.2 Å². The highest BCUT2D eigenvalue weighted by molar-refractivity contribution is 5.87. The summed E-state index contributed by atoms with van der Waals surface area (Å²) < 4.78 is 0. The minimum Gasteiger partial charge on any atom is -0.314 e. The van der Waals surface area contributed by atoms with Gasteiger partial charge in [0.1, 0.15) is 0 Å². The van der Waals surface area contributed by atoms with Gasteiger partial charge in [-0.3, -0.25) is 0 Å². The topological polar surface area (TPSA) is 3.24 Å². The molecule has 1 heteroatoms. The summed E-state index contributed by atoms with van der Waals surface area (Å²) in [5.74, 6) is 0. The maximum absolute atomic E-state index is 2.33. The average Bonchev–Trinajstić information content (AvgIpc) is 3.44. The molecule has 5 rings (SSSR count). The standard InChI is InChI=1S/C36H33N/c1-4-29(30-11-7-5-8-12-30)25-28(3)37(35-13-9-6-10-14-35)36-23-21-32(22-24-36)34-20-19-33(26-34)31-17-15-27(2)16-18-31/h4-25H,26H2,1-3H3/b28-25+,29-4+. The van der Waals surface area contributed by atoms with E-state index >= 15 is 0 Å². The van der Waals surface area contributed by atoms with Crippen LogP contribution in [0, 0.1) is 6.92 Å². The van der Waals surface area contributed by atoms with Crippen molar-refractivity contribution in [1.82, 2.24) is 0 Å². The summed E-state index contributed by atoms with van der Waals surface area (Å²) in [6.07, 6.45) is 9.94. The Morgan fingerprint density at radius 3 is 1.73 bits per heavy atom. The monoisotopic (exact) mass is 479 g/mol. The summed E-state index contributed by atoms with van der Waals surface area (Å²) in [6.45, 7) is 6.42. The van der Waals surface area contributed by atoms with Gasteiger partial charge >= 0.3 is 0 Å². The largest absolute Gasteiger partial charge is 0.314 e. The molecule has 1 nitrogen and oxygen atoms in total. The fourth-order valence-electron chi connectivity index (χ4n) is 4.90. The van der Waals surface area contributed by atoms with E-state index in [1.54, 1.807) is 0 Å². The minimum atomic E-state index is 0.964. The number of rotatable bonds is 7. The van der Waals surface area contributed by atoms with Gasteiger partial charge in [0.2, 0.25) is 0 Å². The summed E-state index contributed by atoms with van der Waals surface area (Å²) in [6, 6.07) is 39.0. The Hall–Kier alpha value is -4.36. The van der Waals surface area contributed by atoms with Gasteiger partial charge in [0.15, 0.2) is 0 Å². The van der Waals surface area contributed by atoms with Gasteiger partial charge in [-0.1, -0.05) is 109 Å². The van der Waals surface area contributed by atoms with E-state index in [0.29, 0.717) is 0 Å². The van der Waals surface area contributed by atoms with Crippen molar-refractivity contribution in [3.8, 4) is 0 Å². The predicted molar refractivity (Wildman–Crippen MR) is 161 cm³/mol. The number of hydrogen-bond acceptors (Lipinski definition) is 1. The van der Waals surface area contributed by atoms with E-state index in [-0.39, 0.29) is 0 Å². The second-order valence-corrected chi connectivity index (χ2v) is 9.54. The van der Waals surface area contributed by atoms with E-state index in [1.165, 1.54) is 44.7 Å². The molecule has 0 aliphatic heterocycles. The Labute approximate surface area is 221 Å². The highest BCUT2D eigenvalue weighted by Crippen LogP contribution is 2.36. The zero-order valence-corrected chi connectivity index (χ0v) is 21.9. The van der Waals surface area contributed by atoms with Crippen LogP contribution in [-0.4, -0.2) is 0 Å². The first kappa shape index (κ1) is 24.3. The molecule has 0 fully saturated rings. The van der Waals surface area contributed by atoms with Crippen LogP contribution in [0.2, 0.25) is 0 Å². The van der Waals surface area contributed by atoms with Gasteiger partial charge in [-0.2, -0.15) is 0 Å². The van der Waals surface area contributed by atoms with Crippen molar-refractivity contribution >= 4 is 28.1 Å². The smallest absolute Gasteiger partial charge is 0.0458 e. The van der Waals surface area contributed by atoms with E-state index in [9.17, 15) is 0 Å². The van der Waals surface area contributed by atoms with Gasteiger partial charge in [-0.25, -0.2) is 0 Å². The number of hydrogen-bond donors (Lipinski definition) is 0. The van der Waals surface area contributed by atoms with Gasteiger partial charge in [0, 0.05) is 17.1 Å². The molecule has 0 amide bonds. The van der Waals surface area contributed by atoms with Crippen LogP contribution < -0.4 is 4.90 Å². The Balaban J connectivity index is 1.41. The molecule has 0 radical (unpaired) electrons. The summed E-state index contributed by atoms with van der Waals surface area (Å²) >= 11 is 0. The van der Waals surface area contributed by atoms with Crippen LogP contribution in [0.5, 0.6) is 0 Å². The van der Waals surface area contributed by atoms with Crippen molar-refractivity contribution in [2.75, 3.05) is 4.90 Å². The van der Waals surface area contributed by atoms with Crippen LogP contribution in [0.3, 0.4) is 0 Å². The van der Waals surface area contributed by atoms with Crippen LogP contribution in [0.25, 0.3) is 16.7 Å². The summed E-state index contributed by atoms with van der Waals surface area (Å²) in [4.78, 5) is 2.33. The normalized spacial score (nSPS) is 13.8. The van der Waals surface area contributed by atoms with Crippen LogP contribution in [0.15, 0.2) is 139 Å². The molecule has 0 atom stereocenters. The second-order valence-electron chi connectivity index (χ2n) is 9.54. The summed E-state index contributed by atoms with van der Waals surface area (Å²) in [7, 11) is 0. The van der Waals surface area contributed by atoms with Crippen LogP contribution in [-0.2, 0) is 0 Å². The third-order valence-electron chi connectivity index (χ3n) is 6.93. The first-order valence-electron chi connectivity index (χ1n) is 12.9. The predicted octanol–water partition coefficient (Wildman–Crippen LogP) is 10.0. The molecule has 1 aliphatic carbocycles. The van der Waals surface area contributed by atoms with E-state index in [0.717, 1.165) is 17.8 Å². The van der Waals surface area contributed by atoms with E-state index in [2.05, 4.69) is 159 Å². The molecule has 0 spiro atoms. The second kappa shape index (κ2) is 11.1. The molecule has 0 bridgehead atoms. The summed E-state index contributed by atoms with van der Waals surface area (Å²) in [5, 5.41) is 0. The van der Waals surface area contributed by atoms with Crippen LogP contribution >= 0.6 is 0 Å². The van der Waals surface area contributed by atoms with Crippen molar-refractivity contribution in [3.63, 3.8) is 0 Å². The van der Waals surface area contributed by atoms with Gasteiger partial charge in [-0.15, -0.1) is 0 Å². The molecule has 37 heavy (non-hydrogen) atoms. The fraction of sp³-hybridized carbons (Fsp3) is 0.111. The molecule has 0 saturated carbocycles. The SMILES string of the molecule is C/C=C(\C=C(/C)N(c1ccccc1)c1ccc(C2=CC=C(c3ccc(C)cc3)C2)cc1)c1ccccc1. The quantitative estimate of drug-likeness (QED) is 0.238. The van der Waals surface area contributed by atoms with Crippen LogP contribution in [0.1, 0.15) is 42.5 Å². The lowest BCUT2D eigenvalue weighted by Crippen LogP contribution is -2.14. The van der Waals surface area contributed by atoms with E-state index < -0.39 is 0 Å². The third-order valence-corrected chi connectivity index (χ3v) is 6.93. The van der Waals surface area contributed by atoms with Crippen molar-refractivity contribution in [3.05, 3.63) is 161 Å². The zero-order valence-electron chi connectivity index (χ0n) is 21.9. The Morgan fingerprint density at radius 1 is 0.649 bits per heavy atom. The molecule has 182 valence electrons. The molecule has 0 saturated heterocycles. The number of aryl methyl sites for hydroxylation is 1. The number of para-hydroxylation sites is 1. The molecule has 1 aliphatic rings. The Morgan fingerprint density at radius 2 is 1.16 bits per heavy atom. The third kappa shape index (κ3) is 5.57.